The van der Waals surface area contributed by atoms with E-state index in [1.54, 1.807) is 0 Å². The molecular formula is CHNO7S. The van der Waals surface area contributed by atoms with Crippen molar-refractivity contribution in [1.29, 1.82) is 0 Å². The summed E-state index contributed by atoms with van der Waals surface area (Å²) in [6, 6.07) is 0. The molecule has 58 valence electrons. The van der Waals surface area contributed by atoms with E-state index in [4.69, 9.17) is 5.11 Å². The molecule has 0 spiro atoms. The first-order valence-electron chi connectivity index (χ1n) is 1.68. The number of nitro groups is 1. The zero-order valence-electron chi connectivity index (χ0n) is 4.25. The van der Waals surface area contributed by atoms with Crippen molar-refractivity contribution in [3.05, 3.63) is 10.1 Å². The zero-order valence-corrected chi connectivity index (χ0v) is 5.07. The van der Waals surface area contributed by atoms with Gasteiger partial charge in [-0.15, -0.1) is 8.42 Å². The maximum absolute atomic E-state index is 9.84. The summed E-state index contributed by atoms with van der Waals surface area (Å²) >= 11 is 0. The van der Waals surface area contributed by atoms with Crippen molar-refractivity contribution in [2.75, 3.05) is 0 Å². The predicted molar refractivity (Wildman–Crippen MR) is 25.0 cm³/mol. The molecule has 0 rings (SSSR count). The Bertz CT molecular complexity index is 249. The topological polar surface area (TPSA) is 124 Å². The van der Waals surface area contributed by atoms with E-state index in [2.05, 4.69) is 4.18 Å². The van der Waals surface area contributed by atoms with Crippen LogP contribution in [0.5, 0.6) is 0 Å². The van der Waals surface area contributed by atoms with Crippen LogP contribution in [0.15, 0.2) is 0 Å². The molecule has 0 aromatic heterocycles. The van der Waals surface area contributed by atoms with Crippen molar-refractivity contribution in [3.63, 3.8) is 0 Å². The van der Waals surface area contributed by atoms with Gasteiger partial charge in [-0.1, -0.05) is 0 Å². The fourth-order valence-corrected chi connectivity index (χ4v) is 0.362. The second-order valence-electron chi connectivity index (χ2n) is 1.00. The molecule has 8 nitrogen and oxygen atoms in total. The molecule has 0 bridgehead atoms. The highest BCUT2D eigenvalue weighted by Crippen LogP contribution is 1.92. The molecule has 0 heterocycles. The van der Waals surface area contributed by atoms with E-state index < -0.39 is 20.8 Å². The molecule has 0 amide bonds. The van der Waals surface area contributed by atoms with E-state index in [0.717, 1.165) is 0 Å². The normalized spacial score (nSPS) is 10.4. The van der Waals surface area contributed by atoms with E-state index in [0.29, 0.717) is 0 Å². The molecule has 10 heavy (non-hydrogen) atoms. The van der Waals surface area contributed by atoms with Gasteiger partial charge in [-0.25, -0.2) is 14.9 Å². The summed E-state index contributed by atoms with van der Waals surface area (Å²) in [5, 5.41) is 17.0. The Morgan fingerprint density at radius 1 is 1.60 bits per heavy atom. The van der Waals surface area contributed by atoms with Crippen molar-refractivity contribution >= 4 is 16.5 Å². The summed E-state index contributed by atoms with van der Waals surface area (Å²) in [7, 11) is -5.17. The minimum absolute atomic E-state index is 1.85. The summed E-state index contributed by atoms with van der Waals surface area (Å²) in [4.78, 5) is 18.8. The lowest BCUT2D eigenvalue weighted by molar-refractivity contribution is -0.316. The maximum atomic E-state index is 9.84. The van der Waals surface area contributed by atoms with Gasteiger partial charge in [0.25, 0.3) is 0 Å². The highest BCUT2D eigenvalue weighted by atomic mass is 32.2. The van der Waals surface area contributed by atoms with Crippen LogP contribution in [-0.2, 0) is 14.5 Å². The fourth-order valence-electron chi connectivity index (χ4n) is 0.121. The summed E-state index contributed by atoms with van der Waals surface area (Å²) in [5.74, 6) is 0. The summed E-state index contributed by atoms with van der Waals surface area (Å²) in [5.41, 5.74) is 0. The second kappa shape index (κ2) is 2.47. The monoisotopic (exact) mass is 171 g/mol. The van der Waals surface area contributed by atoms with Crippen LogP contribution in [0, 0.1) is 10.1 Å². The largest absolute Gasteiger partial charge is 0.622 e. The van der Waals surface area contributed by atoms with Gasteiger partial charge in [-0.2, -0.15) is 0 Å². The molecule has 0 aliphatic rings. The first-order chi connectivity index (χ1) is 4.36. The first-order valence-corrected chi connectivity index (χ1v) is 3.04. The third-order valence-corrected chi connectivity index (χ3v) is 1.08. The fraction of sp³-hybridized carbons (Fsp3) is 0. The van der Waals surface area contributed by atoms with Crippen molar-refractivity contribution in [2.24, 2.45) is 0 Å². The number of carbonyl (C=O) groups is 1. The molecule has 0 saturated carbocycles. The summed E-state index contributed by atoms with van der Waals surface area (Å²) in [6.07, 6.45) is -2.24. The van der Waals surface area contributed by atoms with Crippen molar-refractivity contribution < 1.29 is 26.8 Å². The lowest BCUT2D eigenvalue weighted by Crippen LogP contribution is -2.18. The molecule has 0 aromatic rings. The van der Waals surface area contributed by atoms with Gasteiger partial charge in [0.15, 0.2) is 4.33 Å². The number of carboxylic acid groups (broad SMARTS) is 1. The van der Waals surface area contributed by atoms with Crippen LogP contribution in [0.1, 0.15) is 0 Å². The lowest BCUT2D eigenvalue weighted by Gasteiger charge is -1.88. The van der Waals surface area contributed by atoms with E-state index in [1.165, 1.54) is 0 Å². The minimum atomic E-state index is -5.17. The standard InChI is InChI=1S/CHNO7S/c3-1(4)9-10(7,8)2(5)6/h(H,3,4). The van der Waals surface area contributed by atoms with E-state index in [9.17, 15) is 23.3 Å². The Labute approximate surface area is 54.4 Å². The molecule has 0 aromatic carbocycles. The Morgan fingerprint density at radius 3 is 2.10 bits per heavy atom. The molecule has 0 unspecified atom stereocenters. The van der Waals surface area contributed by atoms with E-state index in [1.807, 2.05) is 0 Å². The SMILES string of the molecule is O=C(O)OS(=O)(=O)[N+](=O)[O-]. The second-order valence-corrected chi connectivity index (χ2v) is 2.32. The summed E-state index contributed by atoms with van der Waals surface area (Å²) in [6.45, 7) is 0. The van der Waals surface area contributed by atoms with Gasteiger partial charge in [0.05, 0.1) is 0 Å². The lowest BCUT2D eigenvalue weighted by atomic mass is 11.5. The van der Waals surface area contributed by atoms with E-state index >= 15 is 0 Å². The molecule has 0 aliphatic heterocycles. The minimum Gasteiger partial charge on any atom is -0.449 e. The molecule has 0 saturated heterocycles. The number of nitrogens with zero attached hydrogens (tertiary/aromatic N) is 1. The number of rotatable bonds is 2. The van der Waals surface area contributed by atoms with Crippen LogP contribution in [0.4, 0.5) is 4.79 Å². The first kappa shape index (κ1) is 8.62. The Balaban J connectivity index is 4.46. The van der Waals surface area contributed by atoms with Gasteiger partial charge in [0, 0.05) is 0 Å². The van der Waals surface area contributed by atoms with Gasteiger partial charge >= 0.3 is 16.5 Å². The molecule has 1 N–H and O–H groups in total. The maximum Gasteiger partial charge on any atom is 0.622 e. The molecular weight excluding hydrogens is 170 g/mol. The van der Waals surface area contributed by atoms with Crippen molar-refractivity contribution in [3.8, 4) is 0 Å². The average Bonchev–Trinajstić information content (AvgIpc) is 1.60. The molecule has 9 heteroatoms. The highest BCUT2D eigenvalue weighted by Gasteiger charge is 2.29. The number of hydrogen-bond donors (Lipinski definition) is 1. The van der Waals surface area contributed by atoms with Crippen molar-refractivity contribution in [2.45, 2.75) is 0 Å². The smallest absolute Gasteiger partial charge is 0.449 e. The molecule has 0 atom stereocenters. The Morgan fingerprint density at radius 2 is 2.00 bits per heavy atom. The van der Waals surface area contributed by atoms with Crippen LogP contribution in [0.2, 0.25) is 0 Å². The van der Waals surface area contributed by atoms with Gasteiger partial charge in [0.1, 0.15) is 0 Å². The quantitative estimate of drug-likeness (QED) is 0.426. The number of hydrogen-bond acceptors (Lipinski definition) is 6. The van der Waals surface area contributed by atoms with Crippen LogP contribution < -0.4 is 0 Å². The molecule has 0 fully saturated rings. The van der Waals surface area contributed by atoms with Crippen LogP contribution in [-0.4, -0.2) is 24.0 Å². The Hall–Kier alpha value is -1.38. The zero-order chi connectivity index (χ0) is 8.36. The molecule has 0 aliphatic carbocycles. The van der Waals surface area contributed by atoms with E-state index in [-0.39, 0.29) is 0 Å². The van der Waals surface area contributed by atoms with Gasteiger partial charge in [0.2, 0.25) is 0 Å². The summed E-state index contributed by atoms with van der Waals surface area (Å²) < 4.78 is 20.7. The van der Waals surface area contributed by atoms with Crippen LogP contribution in [0.3, 0.4) is 0 Å². The van der Waals surface area contributed by atoms with Gasteiger partial charge in [-0.3, -0.25) is 4.18 Å². The third kappa shape index (κ3) is 2.26. The van der Waals surface area contributed by atoms with Gasteiger partial charge in [-0.05, 0) is 0 Å². The average molecular weight is 171 g/mol. The highest BCUT2D eigenvalue weighted by molar-refractivity contribution is 7.80. The Kier molecular flexibility index (Phi) is 2.13. The van der Waals surface area contributed by atoms with Crippen LogP contribution >= 0.6 is 0 Å². The van der Waals surface area contributed by atoms with Crippen LogP contribution in [0.25, 0.3) is 0 Å². The third-order valence-electron chi connectivity index (χ3n) is 0.359. The van der Waals surface area contributed by atoms with Gasteiger partial charge < -0.3 is 5.11 Å². The molecule has 0 radical (unpaired) electrons. The predicted octanol–water partition coefficient (Wildman–Crippen LogP) is -0.797. The van der Waals surface area contributed by atoms with Crippen molar-refractivity contribution in [1.82, 2.24) is 0 Å².